The van der Waals surface area contributed by atoms with Crippen molar-refractivity contribution >= 4 is 29.9 Å². The van der Waals surface area contributed by atoms with Gasteiger partial charge in [0.15, 0.2) is 5.96 Å². The lowest BCUT2D eigenvalue weighted by Crippen LogP contribution is -2.47. The summed E-state index contributed by atoms with van der Waals surface area (Å²) in [6.07, 6.45) is 10.7. The van der Waals surface area contributed by atoms with E-state index in [4.69, 9.17) is 14.1 Å². The van der Waals surface area contributed by atoms with Gasteiger partial charge in [-0.05, 0) is 37.3 Å². The summed E-state index contributed by atoms with van der Waals surface area (Å²) in [5, 5.41) is 3.64. The van der Waals surface area contributed by atoms with Crippen LogP contribution in [0.3, 0.4) is 0 Å². The molecule has 1 aromatic heterocycles. The van der Waals surface area contributed by atoms with Crippen molar-refractivity contribution in [2.24, 2.45) is 10.9 Å². The second kappa shape index (κ2) is 12.2. The first-order valence-electron chi connectivity index (χ1n) is 11.3. The van der Waals surface area contributed by atoms with Gasteiger partial charge in [-0.1, -0.05) is 19.3 Å². The van der Waals surface area contributed by atoms with Gasteiger partial charge in [0, 0.05) is 51.7 Å². The summed E-state index contributed by atoms with van der Waals surface area (Å²) in [4.78, 5) is 10.2. The maximum Gasteiger partial charge on any atom is 0.194 e. The second-order valence-corrected chi connectivity index (χ2v) is 8.46. The summed E-state index contributed by atoms with van der Waals surface area (Å²) in [5.41, 5.74) is 0. The van der Waals surface area contributed by atoms with E-state index >= 15 is 0 Å². The number of morpholine rings is 1. The third-order valence-electron chi connectivity index (χ3n) is 6.48. The Kier molecular flexibility index (Phi) is 9.58. The number of rotatable bonds is 6. The smallest absolute Gasteiger partial charge is 0.194 e. The minimum absolute atomic E-state index is 0. The van der Waals surface area contributed by atoms with Crippen molar-refractivity contribution in [3.05, 3.63) is 24.2 Å². The minimum Gasteiger partial charge on any atom is -0.469 e. The Labute approximate surface area is 192 Å². The number of guanidine groups is 1. The van der Waals surface area contributed by atoms with Crippen molar-refractivity contribution in [2.45, 2.75) is 51.0 Å². The largest absolute Gasteiger partial charge is 0.469 e. The molecular formula is C22H37IN4O2. The van der Waals surface area contributed by atoms with Crippen LogP contribution in [-0.2, 0) is 11.2 Å². The molecule has 6 nitrogen and oxygen atoms in total. The van der Waals surface area contributed by atoms with Crippen LogP contribution in [0.1, 0.15) is 44.3 Å². The molecule has 0 spiro atoms. The Morgan fingerprint density at radius 3 is 2.69 bits per heavy atom. The third kappa shape index (κ3) is 6.85. The van der Waals surface area contributed by atoms with Gasteiger partial charge in [-0.25, -0.2) is 0 Å². The molecule has 0 bridgehead atoms. The fraction of sp³-hybridized carbons (Fsp3) is 0.773. The number of nitrogens with one attached hydrogen (secondary N) is 1. The fourth-order valence-electron chi connectivity index (χ4n) is 4.78. The lowest BCUT2D eigenvalue weighted by molar-refractivity contribution is 0.0195. The zero-order valence-electron chi connectivity index (χ0n) is 17.6. The number of hydrogen-bond donors (Lipinski definition) is 1. The van der Waals surface area contributed by atoms with Crippen LogP contribution in [0.4, 0.5) is 0 Å². The summed E-state index contributed by atoms with van der Waals surface area (Å²) in [5.74, 6) is 2.91. The van der Waals surface area contributed by atoms with Gasteiger partial charge in [0.25, 0.3) is 0 Å². The molecule has 3 fully saturated rings. The van der Waals surface area contributed by atoms with Gasteiger partial charge in [-0.15, -0.1) is 24.0 Å². The van der Waals surface area contributed by atoms with Gasteiger partial charge in [0.1, 0.15) is 5.76 Å². The monoisotopic (exact) mass is 516 g/mol. The second-order valence-electron chi connectivity index (χ2n) is 8.46. The molecule has 1 N–H and O–H groups in total. The summed E-state index contributed by atoms with van der Waals surface area (Å²) in [6.45, 7) is 7.91. The molecule has 7 heteroatoms. The first kappa shape index (κ1) is 22.9. The lowest BCUT2D eigenvalue weighted by Gasteiger charge is -2.32. The van der Waals surface area contributed by atoms with Crippen LogP contribution < -0.4 is 5.32 Å². The van der Waals surface area contributed by atoms with Gasteiger partial charge in [-0.3, -0.25) is 9.89 Å². The first-order chi connectivity index (χ1) is 13.9. The molecule has 3 aliphatic rings. The summed E-state index contributed by atoms with van der Waals surface area (Å²) >= 11 is 0. The van der Waals surface area contributed by atoms with Gasteiger partial charge >= 0.3 is 0 Å². The predicted molar refractivity (Wildman–Crippen MR) is 127 cm³/mol. The van der Waals surface area contributed by atoms with Crippen LogP contribution >= 0.6 is 24.0 Å². The number of nitrogens with zero attached hydrogens (tertiary/aromatic N) is 3. The van der Waals surface area contributed by atoms with Crippen molar-refractivity contribution in [3.8, 4) is 0 Å². The zero-order chi connectivity index (χ0) is 19.0. The summed E-state index contributed by atoms with van der Waals surface area (Å²) < 4.78 is 11.0. The maximum atomic E-state index is 5.53. The minimum atomic E-state index is 0. The van der Waals surface area contributed by atoms with Crippen molar-refractivity contribution in [1.29, 1.82) is 0 Å². The van der Waals surface area contributed by atoms with E-state index in [2.05, 4.69) is 15.1 Å². The van der Waals surface area contributed by atoms with Gasteiger partial charge < -0.3 is 19.4 Å². The standard InChI is InChI=1S/C22H36N4O2.HI/c1-2-5-19(6-3-1)17-24-22(23-10-8-21-7-4-14-28-21)26-11-9-20(18-26)25-12-15-27-16-13-25;/h4,7,14,19-20H,1-3,5-6,8-13,15-18H2,(H,23,24);1H. The SMILES string of the molecule is I.c1coc(CCNC(=NCC2CCCCC2)N2CCC(N3CCOCC3)C2)c1. The topological polar surface area (TPSA) is 53.2 Å². The predicted octanol–water partition coefficient (Wildman–Crippen LogP) is 3.37. The summed E-state index contributed by atoms with van der Waals surface area (Å²) in [6, 6.07) is 4.64. The molecular weight excluding hydrogens is 479 g/mol. The molecule has 1 saturated carbocycles. The highest BCUT2D eigenvalue weighted by molar-refractivity contribution is 14.0. The van der Waals surface area contributed by atoms with Crippen LogP contribution in [0.2, 0.25) is 0 Å². The highest BCUT2D eigenvalue weighted by atomic mass is 127. The van der Waals surface area contributed by atoms with Crippen LogP contribution in [0.25, 0.3) is 0 Å². The average molecular weight is 516 g/mol. The number of furan rings is 1. The summed E-state index contributed by atoms with van der Waals surface area (Å²) in [7, 11) is 0. The number of ether oxygens (including phenoxy) is 1. The van der Waals surface area contributed by atoms with E-state index in [1.54, 1.807) is 6.26 Å². The zero-order valence-corrected chi connectivity index (χ0v) is 19.9. The Morgan fingerprint density at radius 1 is 1.10 bits per heavy atom. The number of halogens is 1. The molecule has 164 valence electrons. The molecule has 0 aromatic carbocycles. The highest BCUT2D eigenvalue weighted by Gasteiger charge is 2.30. The molecule has 4 rings (SSSR count). The molecule has 2 aliphatic heterocycles. The Bertz CT molecular complexity index is 598. The molecule has 1 unspecified atom stereocenters. The van der Waals surface area contributed by atoms with Crippen LogP contribution in [0, 0.1) is 5.92 Å². The van der Waals surface area contributed by atoms with Gasteiger partial charge in [-0.2, -0.15) is 0 Å². The van der Waals surface area contributed by atoms with E-state index in [1.807, 2.05) is 12.1 Å². The van der Waals surface area contributed by atoms with E-state index in [-0.39, 0.29) is 24.0 Å². The highest BCUT2D eigenvalue weighted by Crippen LogP contribution is 2.24. The lowest BCUT2D eigenvalue weighted by atomic mass is 9.89. The molecule has 1 atom stereocenters. The Morgan fingerprint density at radius 2 is 1.93 bits per heavy atom. The van der Waals surface area contributed by atoms with E-state index < -0.39 is 0 Å². The molecule has 0 radical (unpaired) electrons. The number of aliphatic imine (C=N–C) groups is 1. The van der Waals surface area contributed by atoms with Gasteiger partial charge in [0.2, 0.25) is 0 Å². The molecule has 1 aromatic rings. The average Bonchev–Trinajstić information content (AvgIpc) is 3.44. The molecule has 2 saturated heterocycles. The quantitative estimate of drug-likeness (QED) is 0.357. The molecule has 1 aliphatic carbocycles. The third-order valence-corrected chi connectivity index (χ3v) is 6.48. The fourth-order valence-corrected chi connectivity index (χ4v) is 4.78. The van der Waals surface area contributed by atoms with Crippen molar-refractivity contribution < 1.29 is 9.15 Å². The number of likely N-dealkylation sites (tertiary alicyclic amines) is 1. The first-order valence-corrected chi connectivity index (χ1v) is 11.3. The maximum absolute atomic E-state index is 5.53. The van der Waals surface area contributed by atoms with E-state index in [0.29, 0.717) is 6.04 Å². The van der Waals surface area contributed by atoms with Crippen LogP contribution in [0.5, 0.6) is 0 Å². The Hall–Kier alpha value is -0.800. The molecule has 29 heavy (non-hydrogen) atoms. The van der Waals surface area contributed by atoms with Crippen molar-refractivity contribution in [2.75, 3.05) is 52.5 Å². The van der Waals surface area contributed by atoms with Crippen molar-refractivity contribution in [1.82, 2.24) is 15.1 Å². The van der Waals surface area contributed by atoms with E-state index in [9.17, 15) is 0 Å². The Balaban J connectivity index is 0.00000240. The van der Waals surface area contributed by atoms with Gasteiger partial charge in [0.05, 0.1) is 19.5 Å². The number of hydrogen-bond acceptors (Lipinski definition) is 4. The van der Waals surface area contributed by atoms with Crippen LogP contribution in [0.15, 0.2) is 27.8 Å². The molecule has 0 amide bonds. The van der Waals surface area contributed by atoms with E-state index in [1.165, 1.54) is 38.5 Å². The van der Waals surface area contributed by atoms with E-state index in [0.717, 1.165) is 76.5 Å². The van der Waals surface area contributed by atoms with Crippen LogP contribution in [-0.4, -0.2) is 74.3 Å². The normalized spacial score (nSPS) is 24.5. The van der Waals surface area contributed by atoms with Crippen molar-refractivity contribution in [3.63, 3.8) is 0 Å². The molecule has 3 heterocycles.